The van der Waals surface area contributed by atoms with Gasteiger partial charge in [-0.15, -0.1) is 0 Å². The highest BCUT2D eigenvalue weighted by Crippen LogP contribution is 2.28. The molecule has 1 aliphatic rings. The highest BCUT2D eigenvalue weighted by atomic mass is 16.6. The van der Waals surface area contributed by atoms with E-state index in [-0.39, 0.29) is 23.4 Å². The monoisotopic (exact) mass is 265 g/mol. The zero-order valence-corrected chi connectivity index (χ0v) is 10.8. The van der Waals surface area contributed by atoms with Crippen LogP contribution in [0.2, 0.25) is 0 Å². The van der Waals surface area contributed by atoms with Crippen LogP contribution in [0.3, 0.4) is 0 Å². The highest BCUT2D eigenvalue weighted by Gasteiger charge is 2.27. The van der Waals surface area contributed by atoms with Crippen molar-refractivity contribution < 1.29 is 14.5 Å². The van der Waals surface area contributed by atoms with E-state index in [4.69, 9.17) is 4.74 Å². The number of rotatable bonds is 4. The number of carbonyl (C=O) groups excluding carboxylic acids is 1. The fraction of sp³-hybridized carbons (Fsp3) is 0.417. The summed E-state index contributed by atoms with van der Waals surface area (Å²) >= 11 is 0. The number of hydrogen-bond donors (Lipinski definition) is 1. The second-order valence-electron chi connectivity index (χ2n) is 4.37. The van der Waals surface area contributed by atoms with Gasteiger partial charge in [-0.25, -0.2) is 0 Å². The molecule has 0 atom stereocenters. The lowest BCUT2D eigenvalue weighted by Crippen LogP contribution is -2.57. The normalized spacial score (nSPS) is 14.6. The molecule has 1 amide bonds. The molecule has 1 aliphatic heterocycles. The van der Waals surface area contributed by atoms with Crippen molar-refractivity contribution in [1.82, 2.24) is 10.2 Å². The van der Waals surface area contributed by atoms with Crippen LogP contribution in [-0.2, 0) is 0 Å². The van der Waals surface area contributed by atoms with E-state index in [2.05, 4.69) is 5.32 Å². The summed E-state index contributed by atoms with van der Waals surface area (Å²) < 4.78 is 4.91. The van der Waals surface area contributed by atoms with Gasteiger partial charge in [-0.2, -0.15) is 0 Å². The molecule has 0 bridgehead atoms. The third-order valence-corrected chi connectivity index (χ3v) is 3.25. The van der Waals surface area contributed by atoms with Gasteiger partial charge in [0.1, 0.15) is 0 Å². The fourth-order valence-corrected chi connectivity index (χ4v) is 1.88. The van der Waals surface area contributed by atoms with Crippen LogP contribution in [0, 0.1) is 10.1 Å². The number of carbonyl (C=O) groups is 1. The minimum Gasteiger partial charge on any atom is -0.490 e. The van der Waals surface area contributed by atoms with Crippen LogP contribution < -0.4 is 10.1 Å². The Kier molecular flexibility index (Phi) is 3.66. The topological polar surface area (TPSA) is 84.7 Å². The van der Waals surface area contributed by atoms with Crippen LogP contribution in [0.4, 0.5) is 5.69 Å². The summed E-state index contributed by atoms with van der Waals surface area (Å²) in [6, 6.07) is 4.38. The molecular weight excluding hydrogens is 250 g/mol. The maximum absolute atomic E-state index is 12.2. The summed E-state index contributed by atoms with van der Waals surface area (Å²) in [7, 11) is 3.06. The van der Waals surface area contributed by atoms with Crippen molar-refractivity contribution in [3.63, 3.8) is 0 Å². The molecule has 1 fully saturated rings. The van der Waals surface area contributed by atoms with Gasteiger partial charge in [0.15, 0.2) is 5.75 Å². The summed E-state index contributed by atoms with van der Waals surface area (Å²) in [6.07, 6.45) is 0. The number of hydrogen-bond acceptors (Lipinski definition) is 5. The Labute approximate surface area is 110 Å². The lowest BCUT2D eigenvalue weighted by atomic mass is 10.1. The zero-order valence-electron chi connectivity index (χ0n) is 10.8. The number of ether oxygens (including phenoxy) is 1. The summed E-state index contributed by atoms with van der Waals surface area (Å²) in [5.74, 6) is -0.0771. The highest BCUT2D eigenvalue weighted by molar-refractivity contribution is 5.95. The molecule has 0 saturated carbocycles. The maximum atomic E-state index is 12.2. The average Bonchev–Trinajstić information content (AvgIpc) is 2.34. The van der Waals surface area contributed by atoms with Crippen molar-refractivity contribution in [3.8, 4) is 5.75 Å². The molecule has 102 valence electrons. The number of likely N-dealkylation sites (N-methyl/N-ethyl adjacent to an activating group) is 1. The number of nitrogens with zero attached hydrogens (tertiary/aromatic N) is 2. The SMILES string of the molecule is COc1ccc(C(=O)N(C)C2CNC2)cc1[N+](=O)[O-]. The lowest BCUT2D eigenvalue weighted by Gasteiger charge is -2.35. The van der Waals surface area contributed by atoms with Crippen molar-refractivity contribution in [2.45, 2.75) is 6.04 Å². The maximum Gasteiger partial charge on any atom is 0.311 e. The van der Waals surface area contributed by atoms with E-state index in [1.807, 2.05) is 0 Å². The summed E-state index contributed by atoms with van der Waals surface area (Å²) in [6.45, 7) is 1.50. The number of benzene rings is 1. The molecule has 0 spiro atoms. The quantitative estimate of drug-likeness (QED) is 0.638. The fourth-order valence-electron chi connectivity index (χ4n) is 1.88. The number of nitrogens with one attached hydrogen (secondary N) is 1. The largest absolute Gasteiger partial charge is 0.490 e. The number of nitro groups is 1. The molecule has 19 heavy (non-hydrogen) atoms. The van der Waals surface area contributed by atoms with Gasteiger partial charge in [0.05, 0.1) is 18.1 Å². The summed E-state index contributed by atoms with van der Waals surface area (Å²) in [5.41, 5.74) is 0.0929. The summed E-state index contributed by atoms with van der Waals surface area (Å²) in [4.78, 5) is 24.1. The lowest BCUT2D eigenvalue weighted by molar-refractivity contribution is -0.385. The predicted molar refractivity (Wildman–Crippen MR) is 68.4 cm³/mol. The third-order valence-electron chi connectivity index (χ3n) is 3.25. The van der Waals surface area contributed by atoms with Crippen molar-refractivity contribution in [3.05, 3.63) is 33.9 Å². The first-order valence-corrected chi connectivity index (χ1v) is 5.85. The Balaban J connectivity index is 2.26. The standard InChI is InChI=1S/C12H15N3O4/c1-14(9-6-13-7-9)12(16)8-3-4-11(19-2)10(5-8)15(17)18/h3-5,9,13H,6-7H2,1-2H3. The Morgan fingerprint density at radius 2 is 2.21 bits per heavy atom. The van der Waals surface area contributed by atoms with Gasteiger partial charge < -0.3 is 15.0 Å². The smallest absolute Gasteiger partial charge is 0.311 e. The predicted octanol–water partition coefficient (Wildman–Crippen LogP) is 0.647. The van der Waals surface area contributed by atoms with Crippen molar-refractivity contribution in [2.24, 2.45) is 0 Å². The van der Waals surface area contributed by atoms with Gasteiger partial charge in [0, 0.05) is 31.8 Å². The molecule has 2 rings (SSSR count). The molecule has 0 radical (unpaired) electrons. The minimum absolute atomic E-state index is 0.147. The van der Waals surface area contributed by atoms with Crippen molar-refractivity contribution in [1.29, 1.82) is 0 Å². The van der Waals surface area contributed by atoms with E-state index < -0.39 is 4.92 Å². The van der Waals surface area contributed by atoms with Gasteiger partial charge in [-0.1, -0.05) is 0 Å². The Morgan fingerprint density at radius 3 is 2.68 bits per heavy atom. The molecule has 0 unspecified atom stereocenters. The van der Waals surface area contributed by atoms with Crippen molar-refractivity contribution in [2.75, 3.05) is 27.2 Å². The van der Waals surface area contributed by atoms with Gasteiger partial charge in [-0.3, -0.25) is 14.9 Å². The van der Waals surface area contributed by atoms with E-state index >= 15 is 0 Å². The van der Waals surface area contributed by atoms with E-state index in [0.717, 1.165) is 13.1 Å². The van der Waals surface area contributed by atoms with E-state index in [1.54, 1.807) is 11.9 Å². The number of amides is 1. The van der Waals surface area contributed by atoms with Gasteiger partial charge in [-0.05, 0) is 12.1 Å². The molecular formula is C12H15N3O4. The van der Waals surface area contributed by atoms with Gasteiger partial charge in [0.25, 0.3) is 5.91 Å². The van der Waals surface area contributed by atoms with Crippen LogP contribution in [0.15, 0.2) is 18.2 Å². The first kappa shape index (κ1) is 13.3. The molecule has 1 aromatic rings. The van der Waals surface area contributed by atoms with E-state index in [1.165, 1.54) is 25.3 Å². The molecule has 7 heteroatoms. The molecule has 0 aromatic heterocycles. The molecule has 7 nitrogen and oxygen atoms in total. The van der Waals surface area contributed by atoms with Crippen LogP contribution >= 0.6 is 0 Å². The second-order valence-corrected chi connectivity index (χ2v) is 4.37. The molecule has 1 aromatic carbocycles. The Bertz CT molecular complexity index is 514. The van der Waals surface area contributed by atoms with Crippen molar-refractivity contribution >= 4 is 11.6 Å². The summed E-state index contributed by atoms with van der Waals surface area (Å²) in [5, 5.41) is 14.0. The average molecular weight is 265 g/mol. The number of nitro benzene ring substituents is 1. The molecule has 1 saturated heterocycles. The number of methoxy groups -OCH3 is 1. The Morgan fingerprint density at radius 1 is 1.53 bits per heavy atom. The second kappa shape index (κ2) is 5.23. The third kappa shape index (κ3) is 2.50. The first-order valence-electron chi connectivity index (χ1n) is 5.85. The van der Waals surface area contributed by atoms with E-state index in [0.29, 0.717) is 5.56 Å². The Hall–Kier alpha value is -2.15. The molecule has 1 N–H and O–H groups in total. The van der Waals surface area contributed by atoms with Crippen LogP contribution in [0.5, 0.6) is 5.75 Å². The first-order chi connectivity index (χ1) is 9.04. The van der Waals surface area contributed by atoms with Crippen LogP contribution in [0.25, 0.3) is 0 Å². The van der Waals surface area contributed by atoms with Crippen LogP contribution in [0.1, 0.15) is 10.4 Å². The van der Waals surface area contributed by atoms with Crippen LogP contribution in [-0.4, -0.2) is 49.0 Å². The van der Waals surface area contributed by atoms with Gasteiger partial charge in [0.2, 0.25) is 0 Å². The molecule has 1 heterocycles. The van der Waals surface area contributed by atoms with E-state index in [9.17, 15) is 14.9 Å². The van der Waals surface area contributed by atoms with Gasteiger partial charge >= 0.3 is 5.69 Å². The zero-order chi connectivity index (χ0) is 14.0. The minimum atomic E-state index is -0.555. The molecule has 0 aliphatic carbocycles.